The number of carbonyl (C=O) groups is 3. The highest BCUT2D eigenvalue weighted by molar-refractivity contribution is 6.08. The Morgan fingerprint density at radius 1 is 1.36 bits per heavy atom. The standard InChI is InChI=1S/C17H21N3O5/c1-10-4-5-11(15(22)18-2)8-13(10)19-14-12(17(24)25-3)9-20(6-7-21)16(14)23/h4-5,8,19,21H,6-7,9H2,1-3H3,(H,18,22). The third-order valence-corrected chi connectivity index (χ3v) is 3.94. The Balaban J connectivity index is 2.39. The lowest BCUT2D eigenvalue weighted by Gasteiger charge is -2.16. The highest BCUT2D eigenvalue weighted by Crippen LogP contribution is 2.25. The molecule has 0 saturated carbocycles. The lowest BCUT2D eigenvalue weighted by atomic mass is 10.1. The van der Waals surface area contributed by atoms with Gasteiger partial charge in [-0.2, -0.15) is 0 Å². The van der Waals surface area contributed by atoms with Gasteiger partial charge in [-0.25, -0.2) is 4.79 Å². The van der Waals surface area contributed by atoms with Crippen LogP contribution in [0, 0.1) is 6.92 Å². The van der Waals surface area contributed by atoms with Crippen molar-refractivity contribution in [3.63, 3.8) is 0 Å². The monoisotopic (exact) mass is 347 g/mol. The first-order chi connectivity index (χ1) is 11.9. The van der Waals surface area contributed by atoms with Gasteiger partial charge in [0, 0.05) is 24.8 Å². The van der Waals surface area contributed by atoms with E-state index in [1.807, 2.05) is 6.92 Å². The van der Waals surface area contributed by atoms with Crippen molar-refractivity contribution >= 4 is 23.5 Å². The van der Waals surface area contributed by atoms with E-state index in [0.717, 1.165) is 5.56 Å². The second-order valence-corrected chi connectivity index (χ2v) is 5.53. The van der Waals surface area contributed by atoms with Crippen molar-refractivity contribution in [2.45, 2.75) is 6.92 Å². The van der Waals surface area contributed by atoms with Gasteiger partial charge in [-0.1, -0.05) is 6.07 Å². The van der Waals surface area contributed by atoms with E-state index in [-0.39, 0.29) is 36.9 Å². The van der Waals surface area contributed by atoms with Crippen molar-refractivity contribution in [3.8, 4) is 0 Å². The molecule has 8 heteroatoms. The minimum absolute atomic E-state index is 0.0581. The van der Waals surface area contributed by atoms with Crippen molar-refractivity contribution < 1.29 is 24.2 Å². The fourth-order valence-electron chi connectivity index (χ4n) is 2.53. The Kier molecular flexibility index (Phi) is 5.76. The smallest absolute Gasteiger partial charge is 0.337 e. The first kappa shape index (κ1) is 18.5. The molecular weight excluding hydrogens is 326 g/mol. The second kappa shape index (κ2) is 7.80. The van der Waals surface area contributed by atoms with Gasteiger partial charge in [-0.15, -0.1) is 0 Å². The molecule has 0 unspecified atom stereocenters. The molecule has 0 saturated heterocycles. The largest absolute Gasteiger partial charge is 0.466 e. The minimum Gasteiger partial charge on any atom is -0.466 e. The number of aliphatic hydroxyl groups is 1. The van der Waals surface area contributed by atoms with E-state index < -0.39 is 11.9 Å². The fraction of sp³-hybridized carbons (Fsp3) is 0.353. The highest BCUT2D eigenvalue weighted by atomic mass is 16.5. The number of ether oxygens (including phenoxy) is 1. The van der Waals surface area contributed by atoms with Gasteiger partial charge in [-0.3, -0.25) is 9.59 Å². The summed E-state index contributed by atoms with van der Waals surface area (Å²) in [5, 5.41) is 14.6. The number of carbonyl (C=O) groups excluding carboxylic acids is 3. The molecule has 1 heterocycles. The van der Waals surface area contributed by atoms with Gasteiger partial charge < -0.3 is 25.4 Å². The molecule has 0 aromatic heterocycles. The maximum absolute atomic E-state index is 12.5. The zero-order chi connectivity index (χ0) is 18.6. The molecule has 1 aliphatic rings. The molecule has 3 N–H and O–H groups in total. The number of nitrogens with zero attached hydrogens (tertiary/aromatic N) is 1. The van der Waals surface area contributed by atoms with E-state index in [9.17, 15) is 14.4 Å². The maximum Gasteiger partial charge on any atom is 0.337 e. The Morgan fingerprint density at radius 3 is 2.68 bits per heavy atom. The summed E-state index contributed by atoms with van der Waals surface area (Å²) in [5.74, 6) is -1.28. The summed E-state index contributed by atoms with van der Waals surface area (Å²) in [6.45, 7) is 1.78. The molecule has 1 aliphatic heterocycles. The number of aliphatic hydroxyl groups excluding tert-OH is 1. The van der Waals surface area contributed by atoms with Gasteiger partial charge in [0.1, 0.15) is 5.70 Å². The molecule has 134 valence electrons. The quantitative estimate of drug-likeness (QED) is 0.627. The molecule has 0 radical (unpaired) electrons. The van der Waals surface area contributed by atoms with Crippen LogP contribution in [0.4, 0.5) is 5.69 Å². The summed E-state index contributed by atoms with van der Waals surface area (Å²) in [6, 6.07) is 5.03. The lowest BCUT2D eigenvalue weighted by Crippen LogP contribution is -2.31. The number of hydrogen-bond donors (Lipinski definition) is 3. The van der Waals surface area contributed by atoms with E-state index >= 15 is 0 Å². The zero-order valence-corrected chi connectivity index (χ0v) is 14.4. The van der Waals surface area contributed by atoms with Crippen molar-refractivity contribution in [2.24, 2.45) is 0 Å². The van der Waals surface area contributed by atoms with Gasteiger partial charge in [0.05, 0.1) is 25.8 Å². The summed E-state index contributed by atoms with van der Waals surface area (Å²) >= 11 is 0. The lowest BCUT2D eigenvalue weighted by molar-refractivity contribution is -0.136. The van der Waals surface area contributed by atoms with E-state index in [1.54, 1.807) is 18.2 Å². The summed E-state index contributed by atoms with van der Waals surface area (Å²) in [6.07, 6.45) is 0. The number of amides is 2. The molecule has 25 heavy (non-hydrogen) atoms. The molecule has 2 amide bonds. The van der Waals surface area contributed by atoms with Crippen LogP contribution in [-0.4, -0.2) is 61.6 Å². The highest BCUT2D eigenvalue weighted by Gasteiger charge is 2.34. The van der Waals surface area contributed by atoms with E-state index in [4.69, 9.17) is 9.84 Å². The molecule has 0 atom stereocenters. The van der Waals surface area contributed by atoms with Crippen LogP contribution in [0.2, 0.25) is 0 Å². The van der Waals surface area contributed by atoms with E-state index in [1.165, 1.54) is 19.1 Å². The van der Waals surface area contributed by atoms with Gasteiger partial charge in [-0.05, 0) is 24.6 Å². The van der Waals surface area contributed by atoms with Crippen LogP contribution >= 0.6 is 0 Å². The predicted molar refractivity (Wildman–Crippen MR) is 90.9 cm³/mol. The van der Waals surface area contributed by atoms with Crippen LogP contribution in [0.5, 0.6) is 0 Å². The molecule has 0 bridgehead atoms. The number of hydrogen-bond acceptors (Lipinski definition) is 6. The van der Waals surface area contributed by atoms with Gasteiger partial charge >= 0.3 is 5.97 Å². The summed E-state index contributed by atoms with van der Waals surface area (Å²) in [5.41, 5.74) is 2.05. The SMILES string of the molecule is CNC(=O)c1ccc(C)c(NC2=C(C(=O)OC)CN(CCO)C2=O)c1. The molecule has 1 aromatic rings. The fourth-order valence-corrected chi connectivity index (χ4v) is 2.53. The molecule has 1 aromatic carbocycles. The van der Waals surface area contributed by atoms with Crippen LogP contribution in [0.15, 0.2) is 29.5 Å². The summed E-state index contributed by atoms with van der Waals surface area (Å²) in [4.78, 5) is 37.7. The molecule has 8 nitrogen and oxygen atoms in total. The average molecular weight is 347 g/mol. The number of nitrogens with one attached hydrogen (secondary N) is 2. The molecular formula is C17H21N3O5. The van der Waals surface area contributed by atoms with Crippen LogP contribution in [0.25, 0.3) is 0 Å². The molecule has 0 aliphatic carbocycles. The van der Waals surface area contributed by atoms with Crippen molar-refractivity contribution in [1.82, 2.24) is 10.2 Å². The van der Waals surface area contributed by atoms with Crippen molar-refractivity contribution in [2.75, 3.05) is 39.2 Å². The van der Waals surface area contributed by atoms with E-state index in [0.29, 0.717) is 11.3 Å². The van der Waals surface area contributed by atoms with Crippen LogP contribution in [0.1, 0.15) is 15.9 Å². The predicted octanol–water partition coefficient (Wildman–Crippen LogP) is 0.0281. The Labute approximate surface area is 145 Å². The zero-order valence-electron chi connectivity index (χ0n) is 14.4. The average Bonchev–Trinajstić information content (AvgIpc) is 2.92. The molecule has 2 rings (SSSR count). The third-order valence-electron chi connectivity index (χ3n) is 3.94. The van der Waals surface area contributed by atoms with E-state index in [2.05, 4.69) is 10.6 Å². The minimum atomic E-state index is -0.614. The Morgan fingerprint density at radius 2 is 2.08 bits per heavy atom. The third kappa shape index (κ3) is 3.80. The summed E-state index contributed by atoms with van der Waals surface area (Å²) < 4.78 is 4.74. The normalized spacial score (nSPS) is 13.9. The number of rotatable bonds is 6. The number of benzene rings is 1. The number of β-amino-alcohol motifs (C(OH)–C–C–N with tert-alkyl or cyclic N) is 1. The van der Waals surface area contributed by atoms with Crippen LogP contribution < -0.4 is 10.6 Å². The van der Waals surface area contributed by atoms with Crippen LogP contribution in [0.3, 0.4) is 0 Å². The van der Waals surface area contributed by atoms with Crippen molar-refractivity contribution in [1.29, 1.82) is 0 Å². The first-order valence-electron chi connectivity index (χ1n) is 7.74. The number of aryl methyl sites for hydroxylation is 1. The molecule has 0 spiro atoms. The number of esters is 1. The van der Waals surface area contributed by atoms with Gasteiger partial charge in [0.15, 0.2) is 0 Å². The first-order valence-corrected chi connectivity index (χ1v) is 7.74. The van der Waals surface area contributed by atoms with Crippen LogP contribution in [-0.2, 0) is 14.3 Å². The Bertz CT molecular complexity index is 742. The molecule has 0 fully saturated rings. The maximum atomic E-state index is 12.5. The number of anilines is 1. The Hall–Kier alpha value is -2.87. The van der Waals surface area contributed by atoms with Gasteiger partial charge in [0.25, 0.3) is 11.8 Å². The topological polar surface area (TPSA) is 108 Å². The van der Waals surface area contributed by atoms with Crippen molar-refractivity contribution in [3.05, 3.63) is 40.6 Å². The number of methoxy groups -OCH3 is 1. The summed E-state index contributed by atoms with van der Waals surface area (Å²) in [7, 11) is 2.77. The second-order valence-electron chi connectivity index (χ2n) is 5.53. The van der Waals surface area contributed by atoms with Gasteiger partial charge in [0.2, 0.25) is 0 Å².